The molecule has 0 spiro atoms. The summed E-state index contributed by atoms with van der Waals surface area (Å²) in [5, 5.41) is 0. The lowest BCUT2D eigenvalue weighted by molar-refractivity contribution is 0.0679. The molecule has 0 radical (unpaired) electrons. The summed E-state index contributed by atoms with van der Waals surface area (Å²) in [5.74, 6) is 0. The normalized spacial score (nSPS) is 17.8. The van der Waals surface area contributed by atoms with E-state index >= 15 is 0 Å². The van der Waals surface area contributed by atoms with Gasteiger partial charge in [0, 0.05) is 26.2 Å². The lowest BCUT2D eigenvalue weighted by Crippen LogP contribution is -2.31. The Bertz CT molecular complexity index is 614. The van der Waals surface area contributed by atoms with Crippen molar-refractivity contribution in [2.24, 2.45) is 0 Å². The quantitative estimate of drug-likeness (QED) is 0.780. The van der Waals surface area contributed by atoms with Gasteiger partial charge >= 0.3 is 0 Å². The molecule has 1 aliphatic rings. The molecule has 0 amide bonds. The van der Waals surface area contributed by atoms with Crippen molar-refractivity contribution in [1.82, 2.24) is 4.90 Å². The molecule has 2 nitrogen and oxygen atoms in total. The molecule has 1 aliphatic heterocycles. The Kier molecular flexibility index (Phi) is 5.47. The lowest BCUT2D eigenvalue weighted by Gasteiger charge is -2.25. The Labute approximate surface area is 140 Å². The number of hydrogen-bond donors (Lipinski definition) is 0. The number of nitrogens with zero attached hydrogens (tertiary/aromatic N) is 1. The second-order valence-corrected chi connectivity index (χ2v) is 6.78. The van der Waals surface area contributed by atoms with Crippen molar-refractivity contribution in [1.29, 1.82) is 0 Å². The number of ether oxygens (including phenoxy) is 1. The van der Waals surface area contributed by atoms with Crippen LogP contribution in [0.4, 0.5) is 0 Å². The van der Waals surface area contributed by atoms with Crippen molar-refractivity contribution in [2.45, 2.75) is 45.9 Å². The van der Waals surface area contributed by atoms with Gasteiger partial charge in [-0.3, -0.25) is 4.90 Å². The Morgan fingerprint density at radius 1 is 0.957 bits per heavy atom. The second-order valence-electron chi connectivity index (χ2n) is 6.78. The molecule has 1 atom stereocenters. The fourth-order valence-corrected chi connectivity index (χ4v) is 3.28. The van der Waals surface area contributed by atoms with Crippen molar-refractivity contribution in [2.75, 3.05) is 13.2 Å². The highest BCUT2D eigenvalue weighted by Crippen LogP contribution is 2.18. The van der Waals surface area contributed by atoms with Gasteiger partial charge in [-0.2, -0.15) is 0 Å². The van der Waals surface area contributed by atoms with E-state index in [0.717, 1.165) is 26.2 Å². The molecule has 2 heteroatoms. The highest BCUT2D eigenvalue weighted by atomic mass is 16.5. The van der Waals surface area contributed by atoms with Crippen LogP contribution in [-0.4, -0.2) is 24.2 Å². The van der Waals surface area contributed by atoms with Crippen LogP contribution in [0.5, 0.6) is 0 Å². The summed E-state index contributed by atoms with van der Waals surface area (Å²) in [7, 11) is 0. The molecule has 1 fully saturated rings. The molecule has 0 aliphatic carbocycles. The SMILES string of the molecule is Cc1ccc(CN(Cc2cccc(C)c2)CC2CCCO2)cc1. The number of rotatable bonds is 6. The Morgan fingerprint density at radius 3 is 2.43 bits per heavy atom. The molecule has 0 N–H and O–H groups in total. The van der Waals surface area contributed by atoms with Crippen LogP contribution in [0.1, 0.15) is 35.1 Å². The Balaban J connectivity index is 1.70. The minimum Gasteiger partial charge on any atom is -0.377 e. The van der Waals surface area contributed by atoms with E-state index in [4.69, 9.17) is 4.74 Å². The van der Waals surface area contributed by atoms with Crippen LogP contribution >= 0.6 is 0 Å². The molecule has 1 heterocycles. The van der Waals surface area contributed by atoms with Crippen LogP contribution in [0.15, 0.2) is 48.5 Å². The fraction of sp³-hybridized carbons (Fsp3) is 0.429. The molecular formula is C21H27NO. The van der Waals surface area contributed by atoms with Gasteiger partial charge in [0.05, 0.1) is 6.10 Å². The van der Waals surface area contributed by atoms with Gasteiger partial charge in [0.15, 0.2) is 0 Å². The van der Waals surface area contributed by atoms with Crippen molar-refractivity contribution >= 4 is 0 Å². The first-order valence-corrected chi connectivity index (χ1v) is 8.64. The van der Waals surface area contributed by atoms with E-state index in [-0.39, 0.29) is 0 Å². The molecule has 2 aromatic carbocycles. The average molecular weight is 309 g/mol. The Hall–Kier alpha value is -1.64. The van der Waals surface area contributed by atoms with E-state index in [0.29, 0.717) is 6.10 Å². The molecule has 0 aromatic heterocycles. The molecule has 122 valence electrons. The third kappa shape index (κ3) is 4.92. The monoisotopic (exact) mass is 309 g/mol. The third-order valence-corrected chi connectivity index (χ3v) is 4.50. The van der Waals surface area contributed by atoms with E-state index in [1.54, 1.807) is 0 Å². The average Bonchev–Trinajstić information content (AvgIpc) is 3.02. The highest BCUT2D eigenvalue weighted by molar-refractivity contribution is 5.23. The maximum Gasteiger partial charge on any atom is 0.0703 e. The summed E-state index contributed by atoms with van der Waals surface area (Å²) in [4.78, 5) is 2.52. The Morgan fingerprint density at radius 2 is 1.74 bits per heavy atom. The zero-order valence-electron chi connectivity index (χ0n) is 14.3. The molecule has 3 rings (SSSR count). The van der Waals surface area contributed by atoms with E-state index in [1.165, 1.54) is 35.1 Å². The summed E-state index contributed by atoms with van der Waals surface area (Å²) in [6.07, 6.45) is 2.79. The summed E-state index contributed by atoms with van der Waals surface area (Å²) >= 11 is 0. The smallest absolute Gasteiger partial charge is 0.0703 e. The summed E-state index contributed by atoms with van der Waals surface area (Å²) in [5.41, 5.74) is 5.41. The first kappa shape index (κ1) is 16.2. The largest absolute Gasteiger partial charge is 0.377 e. The molecular weight excluding hydrogens is 282 g/mol. The summed E-state index contributed by atoms with van der Waals surface area (Å²) in [6, 6.07) is 17.7. The van der Waals surface area contributed by atoms with Gasteiger partial charge in [0.25, 0.3) is 0 Å². The number of aryl methyl sites for hydroxylation is 2. The van der Waals surface area contributed by atoms with Gasteiger partial charge in [-0.1, -0.05) is 59.7 Å². The fourth-order valence-electron chi connectivity index (χ4n) is 3.28. The zero-order valence-corrected chi connectivity index (χ0v) is 14.3. The van der Waals surface area contributed by atoms with Gasteiger partial charge in [0.1, 0.15) is 0 Å². The second kappa shape index (κ2) is 7.76. The third-order valence-electron chi connectivity index (χ3n) is 4.50. The van der Waals surface area contributed by atoms with Crippen LogP contribution < -0.4 is 0 Å². The first-order chi connectivity index (χ1) is 11.2. The standard InChI is InChI=1S/C21H27NO/c1-17-8-10-19(11-9-17)14-22(16-21-7-4-12-23-21)15-20-6-3-5-18(2)13-20/h3,5-6,8-11,13,21H,4,7,12,14-16H2,1-2H3. The van der Waals surface area contributed by atoms with Crippen molar-refractivity contribution in [3.63, 3.8) is 0 Å². The van der Waals surface area contributed by atoms with Gasteiger partial charge < -0.3 is 4.74 Å². The van der Waals surface area contributed by atoms with Crippen molar-refractivity contribution < 1.29 is 4.74 Å². The summed E-state index contributed by atoms with van der Waals surface area (Å²) < 4.78 is 5.86. The molecule has 1 saturated heterocycles. The van der Waals surface area contributed by atoms with Crippen LogP contribution in [0.2, 0.25) is 0 Å². The molecule has 2 aromatic rings. The van der Waals surface area contributed by atoms with Gasteiger partial charge in [-0.25, -0.2) is 0 Å². The minimum atomic E-state index is 0.394. The highest BCUT2D eigenvalue weighted by Gasteiger charge is 2.19. The van der Waals surface area contributed by atoms with Gasteiger partial charge in [0.2, 0.25) is 0 Å². The summed E-state index contributed by atoms with van der Waals surface area (Å²) in [6.45, 7) is 8.20. The van der Waals surface area contributed by atoms with Crippen molar-refractivity contribution in [3.8, 4) is 0 Å². The maximum absolute atomic E-state index is 5.86. The number of hydrogen-bond acceptors (Lipinski definition) is 2. The molecule has 1 unspecified atom stereocenters. The van der Waals surface area contributed by atoms with E-state index in [2.05, 4.69) is 67.3 Å². The number of benzene rings is 2. The van der Waals surface area contributed by atoms with E-state index in [1.807, 2.05) is 0 Å². The van der Waals surface area contributed by atoms with Gasteiger partial charge in [-0.05, 0) is 37.8 Å². The zero-order chi connectivity index (χ0) is 16.1. The van der Waals surface area contributed by atoms with E-state index < -0.39 is 0 Å². The molecule has 0 saturated carbocycles. The van der Waals surface area contributed by atoms with Crippen LogP contribution in [0.3, 0.4) is 0 Å². The van der Waals surface area contributed by atoms with Crippen LogP contribution in [-0.2, 0) is 17.8 Å². The predicted octanol–water partition coefficient (Wildman–Crippen LogP) is 4.48. The van der Waals surface area contributed by atoms with Gasteiger partial charge in [-0.15, -0.1) is 0 Å². The van der Waals surface area contributed by atoms with Crippen LogP contribution in [0, 0.1) is 13.8 Å². The predicted molar refractivity (Wildman–Crippen MR) is 95.4 cm³/mol. The molecule has 0 bridgehead atoms. The van der Waals surface area contributed by atoms with Crippen LogP contribution in [0.25, 0.3) is 0 Å². The maximum atomic E-state index is 5.86. The van der Waals surface area contributed by atoms with E-state index in [9.17, 15) is 0 Å². The molecule has 23 heavy (non-hydrogen) atoms. The lowest BCUT2D eigenvalue weighted by atomic mass is 10.1. The first-order valence-electron chi connectivity index (χ1n) is 8.64. The topological polar surface area (TPSA) is 12.5 Å². The van der Waals surface area contributed by atoms with Crippen molar-refractivity contribution in [3.05, 3.63) is 70.8 Å². The minimum absolute atomic E-state index is 0.394.